The molecular weight excluding hydrogens is 454 g/mol. The monoisotopic (exact) mass is 477 g/mol. The smallest absolute Gasteiger partial charge is 0.338 e. The van der Waals surface area contributed by atoms with Gasteiger partial charge in [0.1, 0.15) is 12.2 Å². The molecule has 0 N–H and O–H groups in total. The second kappa shape index (κ2) is 9.15. The van der Waals surface area contributed by atoms with Crippen molar-refractivity contribution in [3.63, 3.8) is 0 Å². The maximum absolute atomic E-state index is 13.1. The molecule has 0 spiro atoms. The van der Waals surface area contributed by atoms with Crippen LogP contribution in [0.5, 0.6) is 0 Å². The van der Waals surface area contributed by atoms with Gasteiger partial charge in [0, 0.05) is 24.1 Å². The highest BCUT2D eigenvalue weighted by Gasteiger charge is 2.23. The molecule has 0 fully saturated rings. The predicted molar refractivity (Wildman–Crippen MR) is 130 cm³/mol. The van der Waals surface area contributed by atoms with E-state index in [4.69, 9.17) is 9.15 Å². The van der Waals surface area contributed by atoms with E-state index in [1.54, 1.807) is 24.3 Å². The maximum atomic E-state index is 13.1. The summed E-state index contributed by atoms with van der Waals surface area (Å²) >= 11 is 0. The van der Waals surface area contributed by atoms with Crippen molar-refractivity contribution in [3.8, 4) is 0 Å². The number of hydrogen-bond acceptors (Lipinski definition) is 6. The molecular formula is C26H23NO6S. The van der Waals surface area contributed by atoms with E-state index in [0.717, 1.165) is 15.4 Å². The van der Waals surface area contributed by atoms with Gasteiger partial charge in [0.25, 0.3) is 10.0 Å². The molecule has 0 aliphatic heterocycles. The Morgan fingerprint density at radius 1 is 0.941 bits per heavy atom. The molecule has 0 radical (unpaired) electrons. The summed E-state index contributed by atoms with van der Waals surface area (Å²) in [5.41, 5.74) is 2.89. The minimum Gasteiger partial charge on any atom is -0.457 e. The number of hydrogen-bond donors (Lipinski definition) is 0. The van der Waals surface area contributed by atoms with Gasteiger partial charge in [-0.05, 0) is 55.8 Å². The van der Waals surface area contributed by atoms with Gasteiger partial charge in [-0.3, -0.25) is 4.31 Å². The van der Waals surface area contributed by atoms with E-state index < -0.39 is 21.6 Å². The quantitative estimate of drug-likeness (QED) is 0.298. The average molecular weight is 478 g/mol. The fraction of sp³-hybridized carbons (Fsp3) is 0.154. The lowest BCUT2D eigenvalue weighted by atomic mass is 10.1. The highest BCUT2D eigenvalue weighted by molar-refractivity contribution is 7.92. The highest BCUT2D eigenvalue weighted by Crippen LogP contribution is 2.24. The first-order chi connectivity index (χ1) is 16.1. The van der Waals surface area contributed by atoms with Gasteiger partial charge in [0.15, 0.2) is 0 Å². The normalized spacial score (nSPS) is 11.4. The SMILES string of the molecule is Cc1ccc(N(C)S(=O)(=O)c2cccc(C(=O)OCc3cc(=O)oc4cc(C)ccc34)c2)cc1. The van der Waals surface area contributed by atoms with E-state index in [-0.39, 0.29) is 17.1 Å². The van der Waals surface area contributed by atoms with Gasteiger partial charge < -0.3 is 9.15 Å². The molecule has 1 aromatic heterocycles. The van der Waals surface area contributed by atoms with Crippen molar-refractivity contribution in [1.82, 2.24) is 0 Å². The number of fused-ring (bicyclic) bond motifs is 1. The number of anilines is 1. The van der Waals surface area contributed by atoms with Gasteiger partial charge in [-0.2, -0.15) is 0 Å². The van der Waals surface area contributed by atoms with Crippen LogP contribution in [-0.4, -0.2) is 21.4 Å². The second-order valence-electron chi connectivity index (χ2n) is 8.00. The van der Waals surface area contributed by atoms with Gasteiger partial charge in [-0.15, -0.1) is 0 Å². The van der Waals surface area contributed by atoms with Crippen LogP contribution in [-0.2, 0) is 21.4 Å². The molecule has 0 bridgehead atoms. The fourth-order valence-corrected chi connectivity index (χ4v) is 4.76. The Balaban J connectivity index is 1.56. The second-order valence-corrected chi connectivity index (χ2v) is 9.97. The average Bonchev–Trinajstić information content (AvgIpc) is 2.82. The zero-order valence-electron chi connectivity index (χ0n) is 18.9. The number of carbonyl (C=O) groups excluding carboxylic acids is 1. The third-order valence-electron chi connectivity index (χ3n) is 5.47. The van der Waals surface area contributed by atoms with Gasteiger partial charge in [0.2, 0.25) is 0 Å². The maximum Gasteiger partial charge on any atom is 0.338 e. The number of esters is 1. The number of benzene rings is 3. The molecule has 0 unspecified atom stereocenters. The van der Waals surface area contributed by atoms with Gasteiger partial charge >= 0.3 is 11.6 Å². The van der Waals surface area contributed by atoms with Crippen LogP contribution < -0.4 is 9.93 Å². The molecule has 8 heteroatoms. The Kier molecular flexibility index (Phi) is 6.26. The summed E-state index contributed by atoms with van der Waals surface area (Å²) in [5, 5.41) is 0.661. The van der Waals surface area contributed by atoms with E-state index in [2.05, 4.69) is 0 Å². The van der Waals surface area contributed by atoms with Crippen LogP contribution in [0.1, 0.15) is 27.0 Å². The van der Waals surface area contributed by atoms with Crippen LogP contribution >= 0.6 is 0 Å². The molecule has 0 atom stereocenters. The zero-order valence-corrected chi connectivity index (χ0v) is 19.8. The highest BCUT2D eigenvalue weighted by atomic mass is 32.2. The topological polar surface area (TPSA) is 93.9 Å². The van der Waals surface area contributed by atoms with Crippen molar-refractivity contribution in [2.75, 3.05) is 11.4 Å². The first-order valence-electron chi connectivity index (χ1n) is 10.5. The molecule has 0 amide bonds. The Hall–Kier alpha value is -3.91. The van der Waals surface area contributed by atoms with Crippen molar-refractivity contribution in [2.45, 2.75) is 25.3 Å². The van der Waals surface area contributed by atoms with Crippen LogP contribution in [0, 0.1) is 13.8 Å². The summed E-state index contributed by atoms with van der Waals surface area (Å²) in [5.74, 6) is -0.705. The Bertz CT molecular complexity index is 1540. The van der Waals surface area contributed by atoms with Crippen molar-refractivity contribution in [2.24, 2.45) is 0 Å². The van der Waals surface area contributed by atoms with E-state index in [0.29, 0.717) is 22.2 Å². The summed E-state index contributed by atoms with van der Waals surface area (Å²) in [6.45, 7) is 3.63. The molecule has 0 aliphatic rings. The third kappa shape index (κ3) is 4.72. The van der Waals surface area contributed by atoms with Crippen LogP contribution in [0.2, 0.25) is 0 Å². The first kappa shape index (κ1) is 23.3. The van der Waals surface area contributed by atoms with E-state index in [1.807, 2.05) is 32.0 Å². The van der Waals surface area contributed by atoms with E-state index in [1.165, 1.54) is 37.4 Å². The summed E-state index contributed by atoms with van der Waals surface area (Å²) in [4.78, 5) is 24.6. The Morgan fingerprint density at radius 2 is 1.65 bits per heavy atom. The Labute approximate surface area is 197 Å². The number of rotatable bonds is 6. The molecule has 4 rings (SSSR count). The van der Waals surface area contributed by atoms with Crippen LogP contribution in [0.15, 0.2) is 86.9 Å². The largest absolute Gasteiger partial charge is 0.457 e. The molecule has 34 heavy (non-hydrogen) atoms. The summed E-state index contributed by atoms with van der Waals surface area (Å²) in [7, 11) is -2.44. The summed E-state index contributed by atoms with van der Waals surface area (Å²) < 4.78 is 38.0. The van der Waals surface area contributed by atoms with Crippen molar-refractivity contribution in [3.05, 3.63) is 105 Å². The van der Waals surface area contributed by atoms with Gasteiger partial charge in [-0.25, -0.2) is 18.0 Å². The van der Waals surface area contributed by atoms with Gasteiger partial charge in [-0.1, -0.05) is 35.9 Å². The van der Waals surface area contributed by atoms with Crippen molar-refractivity contribution in [1.29, 1.82) is 0 Å². The van der Waals surface area contributed by atoms with Crippen LogP contribution in [0.4, 0.5) is 5.69 Å². The lowest BCUT2D eigenvalue weighted by Gasteiger charge is -2.20. The summed E-state index contributed by atoms with van der Waals surface area (Å²) in [6.07, 6.45) is 0. The lowest BCUT2D eigenvalue weighted by Crippen LogP contribution is -2.26. The first-order valence-corrected chi connectivity index (χ1v) is 12.0. The molecule has 3 aromatic carbocycles. The zero-order chi connectivity index (χ0) is 24.5. The third-order valence-corrected chi connectivity index (χ3v) is 7.25. The van der Waals surface area contributed by atoms with Crippen LogP contribution in [0.3, 0.4) is 0 Å². The summed E-state index contributed by atoms with van der Waals surface area (Å²) in [6, 6.07) is 19.4. The lowest BCUT2D eigenvalue weighted by molar-refractivity contribution is 0.0473. The molecule has 7 nitrogen and oxygen atoms in total. The van der Waals surface area contributed by atoms with Crippen LogP contribution in [0.25, 0.3) is 11.0 Å². The number of ether oxygens (including phenoxy) is 1. The minimum absolute atomic E-state index is 0.0358. The number of sulfonamides is 1. The molecule has 174 valence electrons. The van der Waals surface area contributed by atoms with E-state index >= 15 is 0 Å². The number of nitrogens with zero attached hydrogens (tertiary/aromatic N) is 1. The number of aryl methyl sites for hydroxylation is 2. The van der Waals surface area contributed by atoms with Crippen molar-refractivity contribution >= 4 is 32.6 Å². The van der Waals surface area contributed by atoms with E-state index in [9.17, 15) is 18.0 Å². The number of carbonyl (C=O) groups is 1. The molecule has 4 aromatic rings. The molecule has 1 heterocycles. The van der Waals surface area contributed by atoms with Gasteiger partial charge in [0.05, 0.1) is 16.1 Å². The standard InChI is InChI=1S/C26H23NO6S/c1-17-7-10-21(11-8-17)27(3)34(30,31)22-6-4-5-19(14-22)26(29)32-16-20-15-25(28)33-24-13-18(2)9-12-23(20)24/h4-15H,16H2,1-3H3. The fourth-order valence-electron chi connectivity index (χ4n) is 3.52. The molecule has 0 saturated carbocycles. The molecule has 0 saturated heterocycles. The molecule has 0 aliphatic carbocycles. The minimum atomic E-state index is -3.89. The Morgan fingerprint density at radius 3 is 2.38 bits per heavy atom. The predicted octanol–water partition coefficient (Wildman–Crippen LogP) is 4.59. The van der Waals surface area contributed by atoms with Crippen molar-refractivity contribution < 1.29 is 22.4 Å².